The molecule has 0 unspecified atom stereocenters. The monoisotopic (exact) mass is 481 g/mol. The van der Waals surface area contributed by atoms with Gasteiger partial charge in [0.1, 0.15) is 5.82 Å². The topological polar surface area (TPSA) is 104 Å². The molecule has 34 heavy (non-hydrogen) atoms. The number of hydrogen-bond acceptors (Lipinski definition) is 6. The average molecular weight is 482 g/mol. The van der Waals surface area contributed by atoms with Crippen molar-refractivity contribution >= 4 is 28.7 Å². The van der Waals surface area contributed by atoms with Gasteiger partial charge in [-0.1, -0.05) is 43.7 Å². The Morgan fingerprint density at radius 1 is 1.24 bits per heavy atom. The molecule has 4 rings (SSSR count). The Balaban J connectivity index is 1.70. The highest BCUT2D eigenvalue weighted by Crippen LogP contribution is 2.33. The molecule has 1 aliphatic heterocycles. The fraction of sp³-hybridized carbons (Fsp3) is 0.400. The molecule has 0 fully saturated rings. The van der Waals surface area contributed by atoms with E-state index in [1.165, 1.54) is 19.9 Å². The van der Waals surface area contributed by atoms with E-state index >= 15 is 0 Å². The van der Waals surface area contributed by atoms with Gasteiger partial charge in [0.2, 0.25) is 5.91 Å². The fourth-order valence-electron chi connectivity index (χ4n) is 4.47. The molecular weight excluding hydrogens is 450 g/mol. The first-order chi connectivity index (χ1) is 16.4. The number of benzene rings is 1. The summed E-state index contributed by atoms with van der Waals surface area (Å²) in [6.45, 7) is 5.59. The number of carbonyl (C=O) groups is 1. The molecular formula is C25H31N5O3S. The second-order valence-electron chi connectivity index (χ2n) is 8.66. The van der Waals surface area contributed by atoms with Crippen molar-refractivity contribution in [1.82, 2.24) is 14.5 Å². The van der Waals surface area contributed by atoms with Crippen LogP contribution in [0.3, 0.4) is 0 Å². The van der Waals surface area contributed by atoms with Gasteiger partial charge in [-0.25, -0.2) is 4.79 Å². The molecule has 1 atom stereocenters. The number of fused-ring (bicyclic) bond motifs is 1. The van der Waals surface area contributed by atoms with E-state index in [0.717, 1.165) is 31.4 Å². The summed E-state index contributed by atoms with van der Waals surface area (Å²) in [5, 5.41) is 2.09. The summed E-state index contributed by atoms with van der Waals surface area (Å²) in [6, 6.07) is 11.7. The Hall–Kier alpha value is -3.17. The molecule has 3 aromatic rings. The number of aromatic amines is 1. The average Bonchev–Trinajstić information content (AvgIpc) is 3.30. The molecule has 3 heterocycles. The summed E-state index contributed by atoms with van der Waals surface area (Å²) >= 11 is 1.75. The van der Waals surface area contributed by atoms with Crippen molar-refractivity contribution in [3.8, 4) is 0 Å². The molecule has 3 N–H and O–H groups in total. The molecule has 9 heteroatoms. The maximum absolute atomic E-state index is 13.7. The lowest BCUT2D eigenvalue weighted by Gasteiger charge is -2.34. The first-order valence-corrected chi connectivity index (χ1v) is 12.6. The van der Waals surface area contributed by atoms with Gasteiger partial charge in [-0.2, -0.15) is 0 Å². The minimum absolute atomic E-state index is 0.0262. The molecule has 2 aromatic heterocycles. The van der Waals surface area contributed by atoms with Gasteiger partial charge < -0.3 is 5.73 Å². The summed E-state index contributed by atoms with van der Waals surface area (Å²) in [4.78, 5) is 46.4. The van der Waals surface area contributed by atoms with Crippen LogP contribution in [0.15, 0.2) is 51.4 Å². The fourth-order valence-corrected chi connectivity index (χ4v) is 5.43. The lowest BCUT2D eigenvalue weighted by atomic mass is 10.0. The van der Waals surface area contributed by atoms with Gasteiger partial charge in [0, 0.05) is 24.0 Å². The largest absolute Gasteiger partial charge is 0.383 e. The quantitative estimate of drug-likeness (QED) is 0.514. The number of anilines is 2. The van der Waals surface area contributed by atoms with Crippen LogP contribution >= 0.6 is 11.3 Å². The van der Waals surface area contributed by atoms with Crippen molar-refractivity contribution in [3.05, 3.63) is 78.6 Å². The lowest BCUT2D eigenvalue weighted by molar-refractivity contribution is -0.120. The van der Waals surface area contributed by atoms with Crippen LogP contribution in [-0.2, 0) is 24.3 Å². The number of nitrogens with two attached hydrogens (primary N) is 1. The van der Waals surface area contributed by atoms with Crippen LogP contribution in [0.4, 0.5) is 11.5 Å². The molecule has 180 valence electrons. The van der Waals surface area contributed by atoms with Gasteiger partial charge in [-0.15, -0.1) is 11.3 Å². The Kier molecular flexibility index (Phi) is 7.33. The Bertz CT molecular complexity index is 1260. The minimum atomic E-state index is -0.647. The molecule has 0 radical (unpaired) electrons. The van der Waals surface area contributed by atoms with Gasteiger partial charge in [0.25, 0.3) is 5.56 Å². The molecule has 0 spiro atoms. The van der Waals surface area contributed by atoms with Gasteiger partial charge in [-0.05, 0) is 42.3 Å². The highest BCUT2D eigenvalue weighted by Gasteiger charge is 2.30. The van der Waals surface area contributed by atoms with Gasteiger partial charge in [0.15, 0.2) is 5.69 Å². The van der Waals surface area contributed by atoms with Crippen LogP contribution < -0.4 is 21.9 Å². The second kappa shape index (κ2) is 10.4. The molecule has 1 aromatic carbocycles. The normalized spacial score (nSPS) is 15.8. The van der Waals surface area contributed by atoms with Crippen LogP contribution in [-0.4, -0.2) is 33.4 Å². The zero-order valence-electron chi connectivity index (χ0n) is 19.6. The second-order valence-corrected chi connectivity index (χ2v) is 9.66. The Morgan fingerprint density at radius 3 is 2.74 bits per heavy atom. The molecule has 1 aliphatic rings. The third-order valence-corrected chi connectivity index (χ3v) is 7.44. The number of nitrogen functional groups attached to an aromatic ring is 1. The van der Waals surface area contributed by atoms with E-state index in [9.17, 15) is 14.4 Å². The SMILES string of the molecule is CCCCn1c(N)c(N(Cc2ccccc2)C(=O)CN2CCc3sccc3[C@@H]2C)c(=O)[nH]c1=O. The van der Waals surface area contributed by atoms with E-state index in [-0.39, 0.29) is 36.5 Å². The van der Waals surface area contributed by atoms with E-state index in [2.05, 4.69) is 28.3 Å². The number of aromatic nitrogens is 2. The van der Waals surface area contributed by atoms with Crippen LogP contribution in [0.2, 0.25) is 0 Å². The van der Waals surface area contributed by atoms with Crippen molar-refractivity contribution in [1.29, 1.82) is 0 Å². The van der Waals surface area contributed by atoms with E-state index in [1.807, 2.05) is 37.3 Å². The summed E-state index contributed by atoms with van der Waals surface area (Å²) < 4.78 is 1.35. The van der Waals surface area contributed by atoms with Crippen molar-refractivity contribution in [2.24, 2.45) is 0 Å². The van der Waals surface area contributed by atoms with E-state index in [0.29, 0.717) is 6.54 Å². The lowest BCUT2D eigenvalue weighted by Crippen LogP contribution is -2.46. The molecule has 8 nitrogen and oxygen atoms in total. The van der Waals surface area contributed by atoms with E-state index in [4.69, 9.17) is 5.73 Å². The number of unbranched alkanes of at least 4 members (excludes halogenated alkanes) is 1. The highest BCUT2D eigenvalue weighted by molar-refractivity contribution is 7.10. The molecule has 0 saturated carbocycles. The van der Waals surface area contributed by atoms with Crippen LogP contribution in [0, 0.1) is 0 Å². The number of rotatable bonds is 8. The minimum Gasteiger partial charge on any atom is -0.383 e. The maximum atomic E-state index is 13.7. The third kappa shape index (κ3) is 4.85. The van der Waals surface area contributed by atoms with Crippen molar-refractivity contribution in [2.75, 3.05) is 23.7 Å². The Morgan fingerprint density at radius 2 is 2.00 bits per heavy atom. The van der Waals surface area contributed by atoms with Gasteiger partial charge >= 0.3 is 5.69 Å². The van der Waals surface area contributed by atoms with E-state index in [1.54, 1.807) is 11.3 Å². The number of H-pyrrole nitrogens is 1. The predicted octanol–water partition coefficient (Wildman–Crippen LogP) is 3.13. The molecule has 0 saturated heterocycles. The summed E-state index contributed by atoms with van der Waals surface area (Å²) in [5.74, 6) is -0.203. The Labute approximate surface area is 202 Å². The standard InChI is InChI=1S/C25H31N5O3S/c1-3-4-12-29-23(26)22(24(32)27-25(29)33)30(15-18-8-6-5-7-9-18)21(31)16-28-13-10-20-19(17(28)2)11-14-34-20/h5-9,11,14,17H,3-4,10,12-13,15-16,26H2,1-2H3,(H,27,32,33)/t17-/m0/s1. The first-order valence-electron chi connectivity index (χ1n) is 11.7. The van der Waals surface area contributed by atoms with Crippen LogP contribution in [0.25, 0.3) is 0 Å². The number of nitrogens with zero attached hydrogens (tertiary/aromatic N) is 3. The summed E-state index contributed by atoms with van der Waals surface area (Å²) in [6.07, 6.45) is 2.49. The smallest absolute Gasteiger partial charge is 0.330 e. The van der Waals surface area contributed by atoms with Gasteiger partial charge in [0.05, 0.1) is 13.1 Å². The van der Waals surface area contributed by atoms with Crippen molar-refractivity contribution < 1.29 is 4.79 Å². The van der Waals surface area contributed by atoms with Gasteiger partial charge in [-0.3, -0.25) is 28.9 Å². The molecule has 0 bridgehead atoms. The number of nitrogens with one attached hydrogen (secondary N) is 1. The maximum Gasteiger partial charge on any atom is 0.330 e. The van der Waals surface area contributed by atoms with Crippen LogP contribution in [0.1, 0.15) is 48.7 Å². The molecule has 0 aliphatic carbocycles. The third-order valence-electron chi connectivity index (χ3n) is 6.45. The predicted molar refractivity (Wildman–Crippen MR) is 136 cm³/mol. The first kappa shape index (κ1) is 24.0. The molecule has 1 amide bonds. The summed E-state index contributed by atoms with van der Waals surface area (Å²) in [7, 11) is 0. The van der Waals surface area contributed by atoms with E-state index < -0.39 is 11.2 Å². The number of amides is 1. The van der Waals surface area contributed by atoms with Crippen molar-refractivity contribution in [2.45, 2.75) is 52.2 Å². The number of carbonyl (C=O) groups excluding carboxylic acids is 1. The highest BCUT2D eigenvalue weighted by atomic mass is 32.1. The zero-order valence-corrected chi connectivity index (χ0v) is 20.4. The zero-order chi connectivity index (χ0) is 24.2. The van der Waals surface area contributed by atoms with Crippen LogP contribution in [0.5, 0.6) is 0 Å². The number of hydrogen-bond donors (Lipinski definition) is 2. The number of thiophene rings is 1. The summed E-state index contributed by atoms with van der Waals surface area (Å²) in [5.41, 5.74) is 7.32. The van der Waals surface area contributed by atoms with Crippen molar-refractivity contribution in [3.63, 3.8) is 0 Å².